The average molecular weight is 458 g/mol. The second-order valence-electron chi connectivity index (χ2n) is 9.51. The summed E-state index contributed by atoms with van der Waals surface area (Å²) in [6.07, 6.45) is 5.46. The molecule has 1 aromatic carbocycles. The summed E-state index contributed by atoms with van der Waals surface area (Å²) >= 11 is 0. The van der Waals surface area contributed by atoms with Crippen LogP contribution in [0.5, 0.6) is 5.75 Å². The summed E-state index contributed by atoms with van der Waals surface area (Å²) in [6.45, 7) is 9.12. The third-order valence-electron chi connectivity index (χ3n) is 6.30. The first-order valence-electron chi connectivity index (χ1n) is 12.1. The maximum absolute atomic E-state index is 13.3. The number of carbonyl (C=O) groups is 2. The molecule has 7 heteroatoms. The number of nitrogens with zero attached hydrogens (tertiary/aromatic N) is 2. The molecule has 0 unspecified atom stereocenters. The molecule has 0 saturated carbocycles. The van der Waals surface area contributed by atoms with E-state index in [-0.39, 0.29) is 23.7 Å². The van der Waals surface area contributed by atoms with Gasteiger partial charge in [-0.1, -0.05) is 44.2 Å². The fourth-order valence-electron chi connectivity index (χ4n) is 4.71. The van der Waals surface area contributed by atoms with Gasteiger partial charge >= 0.3 is 0 Å². The van der Waals surface area contributed by atoms with Crippen LogP contribution in [0.3, 0.4) is 0 Å². The van der Waals surface area contributed by atoms with Gasteiger partial charge in [-0.3, -0.25) is 14.5 Å². The largest absolute Gasteiger partial charge is 0.489 e. The van der Waals surface area contributed by atoms with Gasteiger partial charge in [-0.15, -0.1) is 0 Å². The third kappa shape index (κ3) is 7.86. The molecule has 2 aliphatic heterocycles. The van der Waals surface area contributed by atoms with E-state index in [4.69, 9.17) is 9.47 Å². The van der Waals surface area contributed by atoms with Crippen LogP contribution in [0.4, 0.5) is 0 Å². The summed E-state index contributed by atoms with van der Waals surface area (Å²) in [5, 5.41) is 2.93. The predicted octanol–water partition coefficient (Wildman–Crippen LogP) is 2.71. The third-order valence-corrected chi connectivity index (χ3v) is 6.30. The van der Waals surface area contributed by atoms with E-state index in [9.17, 15) is 9.59 Å². The molecule has 1 N–H and O–H groups in total. The van der Waals surface area contributed by atoms with Crippen molar-refractivity contribution in [2.75, 3.05) is 53.0 Å². The minimum atomic E-state index is 0.0430. The molecule has 2 bridgehead atoms. The van der Waals surface area contributed by atoms with Crippen molar-refractivity contribution < 1.29 is 19.1 Å². The quantitative estimate of drug-likeness (QED) is 0.504. The molecule has 33 heavy (non-hydrogen) atoms. The molecule has 1 aromatic rings. The molecule has 1 fully saturated rings. The molecule has 0 radical (unpaired) electrons. The van der Waals surface area contributed by atoms with Crippen LogP contribution in [0.15, 0.2) is 36.4 Å². The molecule has 2 atom stereocenters. The molecule has 2 heterocycles. The number of fused-ring (bicyclic) bond motifs is 3. The summed E-state index contributed by atoms with van der Waals surface area (Å²) in [6, 6.07) is 8.07. The minimum Gasteiger partial charge on any atom is -0.489 e. The van der Waals surface area contributed by atoms with Crippen molar-refractivity contribution >= 4 is 11.8 Å². The highest BCUT2D eigenvalue weighted by atomic mass is 16.5. The highest BCUT2D eigenvalue weighted by molar-refractivity contribution is 5.79. The van der Waals surface area contributed by atoms with Crippen LogP contribution in [0.1, 0.15) is 32.3 Å². The summed E-state index contributed by atoms with van der Waals surface area (Å²) in [7, 11) is 1.62. The Hall–Kier alpha value is -2.38. The lowest BCUT2D eigenvalue weighted by atomic mass is 9.82. The smallest absolute Gasteiger partial charge is 0.236 e. The summed E-state index contributed by atoms with van der Waals surface area (Å²) in [5.41, 5.74) is 1.10. The highest BCUT2D eigenvalue weighted by Crippen LogP contribution is 2.29. The van der Waals surface area contributed by atoms with E-state index in [1.54, 1.807) is 7.11 Å². The molecule has 0 aromatic heterocycles. The number of rotatable bonds is 7. The summed E-state index contributed by atoms with van der Waals surface area (Å²) in [5.74, 6) is 1.86. The Balaban J connectivity index is 1.76. The molecule has 3 rings (SSSR count). The highest BCUT2D eigenvalue weighted by Gasteiger charge is 2.32. The molecule has 182 valence electrons. The van der Waals surface area contributed by atoms with Crippen LogP contribution >= 0.6 is 0 Å². The minimum absolute atomic E-state index is 0.0430. The zero-order chi connectivity index (χ0) is 23.6. The maximum Gasteiger partial charge on any atom is 0.236 e. The SMILES string of the molecule is COCCNC(=O)C[C@@H]1CCN2C[C@@H]1/C=C/COc1ccccc1CN(CC(C)C)CC2=O. The number of amides is 2. The molecule has 0 spiro atoms. The Morgan fingerprint density at radius 3 is 2.88 bits per heavy atom. The number of ether oxygens (including phenoxy) is 2. The molecular formula is C26H39N3O4. The molecule has 7 nitrogen and oxygen atoms in total. The molecular weight excluding hydrogens is 418 g/mol. The maximum atomic E-state index is 13.3. The van der Waals surface area contributed by atoms with Gasteiger partial charge in [-0.25, -0.2) is 0 Å². The second-order valence-corrected chi connectivity index (χ2v) is 9.51. The Labute approximate surface area is 198 Å². The number of para-hydroxylation sites is 1. The van der Waals surface area contributed by atoms with E-state index < -0.39 is 0 Å². The van der Waals surface area contributed by atoms with Gasteiger partial charge in [0.15, 0.2) is 0 Å². The Kier molecular flexibility index (Phi) is 9.76. The van der Waals surface area contributed by atoms with Crippen molar-refractivity contribution in [3.05, 3.63) is 42.0 Å². The zero-order valence-electron chi connectivity index (χ0n) is 20.3. The van der Waals surface area contributed by atoms with Crippen LogP contribution < -0.4 is 10.1 Å². The molecule has 0 aliphatic carbocycles. The topological polar surface area (TPSA) is 71.1 Å². The number of piperidine rings is 1. The Morgan fingerprint density at radius 2 is 2.09 bits per heavy atom. The lowest BCUT2D eigenvalue weighted by molar-refractivity contribution is -0.135. The molecule has 2 amide bonds. The van der Waals surface area contributed by atoms with Gasteiger partial charge < -0.3 is 19.7 Å². The first-order chi connectivity index (χ1) is 16.0. The number of carbonyl (C=O) groups excluding carboxylic acids is 2. The van der Waals surface area contributed by atoms with Gasteiger partial charge in [-0.2, -0.15) is 0 Å². The number of hydrogen-bond donors (Lipinski definition) is 1. The average Bonchev–Trinajstić information content (AvgIpc) is 2.78. The zero-order valence-corrected chi connectivity index (χ0v) is 20.3. The van der Waals surface area contributed by atoms with E-state index >= 15 is 0 Å². The van der Waals surface area contributed by atoms with E-state index in [0.29, 0.717) is 58.3 Å². The number of methoxy groups -OCH3 is 1. The van der Waals surface area contributed by atoms with E-state index in [0.717, 1.165) is 24.3 Å². The van der Waals surface area contributed by atoms with Crippen molar-refractivity contribution in [1.29, 1.82) is 0 Å². The Morgan fingerprint density at radius 1 is 1.27 bits per heavy atom. The van der Waals surface area contributed by atoms with Crippen LogP contribution in [0.25, 0.3) is 0 Å². The molecule has 2 aliphatic rings. The summed E-state index contributed by atoms with van der Waals surface area (Å²) in [4.78, 5) is 29.9. The first kappa shape index (κ1) is 25.2. The van der Waals surface area contributed by atoms with Crippen LogP contribution in [0.2, 0.25) is 0 Å². The van der Waals surface area contributed by atoms with Gasteiger partial charge in [0.05, 0.1) is 13.2 Å². The molecule has 1 saturated heterocycles. The van der Waals surface area contributed by atoms with E-state index in [1.807, 2.05) is 29.2 Å². The standard InChI is InChI=1S/C26H39N3O4/c1-20(2)16-28-17-23-7-4-5-9-24(23)33-13-6-8-22-18-29(26(31)19-28)12-10-21(22)15-25(30)27-11-14-32-3/h4-9,20-22H,10-19H2,1-3H3,(H,27,30)/b8-6+/t21-,22-/m0/s1. The van der Waals surface area contributed by atoms with Gasteiger partial charge in [0.2, 0.25) is 11.8 Å². The number of hydrogen-bond acceptors (Lipinski definition) is 5. The lowest BCUT2D eigenvalue weighted by Crippen LogP contribution is -2.48. The monoisotopic (exact) mass is 457 g/mol. The predicted molar refractivity (Wildman–Crippen MR) is 129 cm³/mol. The van der Waals surface area contributed by atoms with Crippen LogP contribution in [-0.2, 0) is 20.9 Å². The first-order valence-corrected chi connectivity index (χ1v) is 12.1. The van der Waals surface area contributed by atoms with Crippen molar-refractivity contribution in [2.45, 2.75) is 33.2 Å². The van der Waals surface area contributed by atoms with Gasteiger partial charge in [0.1, 0.15) is 12.4 Å². The lowest BCUT2D eigenvalue weighted by Gasteiger charge is -2.38. The van der Waals surface area contributed by atoms with Gasteiger partial charge in [0, 0.05) is 51.8 Å². The fourth-order valence-corrected chi connectivity index (χ4v) is 4.71. The number of nitrogens with one attached hydrogen (secondary N) is 1. The van der Waals surface area contributed by atoms with Crippen molar-refractivity contribution in [2.24, 2.45) is 17.8 Å². The van der Waals surface area contributed by atoms with Crippen LogP contribution in [0, 0.1) is 17.8 Å². The van der Waals surface area contributed by atoms with Crippen molar-refractivity contribution in [3.63, 3.8) is 0 Å². The van der Waals surface area contributed by atoms with E-state index in [2.05, 4.69) is 36.2 Å². The van der Waals surface area contributed by atoms with E-state index in [1.165, 1.54) is 0 Å². The van der Waals surface area contributed by atoms with Gasteiger partial charge in [0.25, 0.3) is 0 Å². The van der Waals surface area contributed by atoms with Crippen LogP contribution in [-0.4, -0.2) is 74.7 Å². The van der Waals surface area contributed by atoms with Gasteiger partial charge in [-0.05, 0) is 30.2 Å². The normalized spacial score (nSPS) is 23.0. The second kappa shape index (κ2) is 12.8. The van der Waals surface area contributed by atoms with Crippen molar-refractivity contribution in [3.8, 4) is 5.75 Å². The summed E-state index contributed by atoms with van der Waals surface area (Å²) < 4.78 is 11.1. The fraction of sp³-hybridized carbons (Fsp3) is 0.615. The number of benzene rings is 1. The van der Waals surface area contributed by atoms with Crippen molar-refractivity contribution in [1.82, 2.24) is 15.1 Å². The Bertz CT molecular complexity index is 810.